The van der Waals surface area contributed by atoms with Crippen LogP contribution in [-0.4, -0.2) is 37.6 Å². The van der Waals surface area contributed by atoms with Crippen LogP contribution >= 0.6 is 0 Å². The molecule has 1 rings (SSSR count). The lowest BCUT2D eigenvalue weighted by atomic mass is 10.0. The minimum absolute atomic E-state index is 0.920. The van der Waals surface area contributed by atoms with Crippen molar-refractivity contribution in [2.45, 2.75) is 26.7 Å². The van der Waals surface area contributed by atoms with Gasteiger partial charge in [0.15, 0.2) is 0 Å². The molecule has 0 atom stereocenters. The summed E-state index contributed by atoms with van der Waals surface area (Å²) >= 11 is 0. The van der Waals surface area contributed by atoms with E-state index in [0.29, 0.717) is 0 Å². The molecular weight excluding hydrogens is 148 g/mol. The third kappa shape index (κ3) is 3.11. The van der Waals surface area contributed by atoms with Gasteiger partial charge in [-0.1, -0.05) is 26.7 Å². The highest BCUT2D eigenvalue weighted by Crippen LogP contribution is 2.09. The van der Waals surface area contributed by atoms with Gasteiger partial charge < -0.3 is 10.2 Å². The Balaban J connectivity index is 2.18. The molecule has 0 radical (unpaired) electrons. The van der Waals surface area contributed by atoms with Crippen LogP contribution in [0, 0.1) is 5.92 Å². The normalized spacial score (nSPS) is 20.2. The van der Waals surface area contributed by atoms with Crippen LogP contribution in [0.3, 0.4) is 0 Å². The molecule has 0 spiro atoms. The predicted octanol–water partition coefficient (Wildman–Crippen LogP) is 1.33. The summed E-state index contributed by atoms with van der Waals surface area (Å²) in [5, 5.41) is 3.38. The molecule has 0 bridgehead atoms. The van der Waals surface area contributed by atoms with E-state index in [2.05, 4.69) is 24.1 Å². The van der Waals surface area contributed by atoms with Gasteiger partial charge in [0.05, 0.1) is 0 Å². The Morgan fingerprint density at radius 3 is 2.25 bits per heavy atom. The van der Waals surface area contributed by atoms with E-state index in [-0.39, 0.29) is 0 Å². The van der Waals surface area contributed by atoms with Gasteiger partial charge in [0.1, 0.15) is 0 Å². The number of hydrogen-bond donors (Lipinski definition) is 1. The van der Waals surface area contributed by atoms with Crippen molar-refractivity contribution >= 4 is 0 Å². The second-order valence-corrected chi connectivity index (χ2v) is 3.73. The van der Waals surface area contributed by atoms with E-state index >= 15 is 0 Å². The Bertz CT molecular complexity index is 104. The Kier molecular flexibility index (Phi) is 4.62. The smallest absolute Gasteiger partial charge is 0.0107 e. The minimum atomic E-state index is 0.920. The van der Waals surface area contributed by atoms with E-state index < -0.39 is 0 Å². The van der Waals surface area contributed by atoms with Gasteiger partial charge in [-0.3, -0.25) is 0 Å². The van der Waals surface area contributed by atoms with E-state index in [0.717, 1.165) is 5.92 Å². The number of nitrogens with zero attached hydrogens (tertiary/aromatic N) is 1. The summed E-state index contributed by atoms with van der Waals surface area (Å²) in [5.41, 5.74) is 0. The van der Waals surface area contributed by atoms with Gasteiger partial charge in [-0.15, -0.1) is 0 Å². The number of hydrogen-bond acceptors (Lipinski definition) is 2. The lowest BCUT2D eigenvalue weighted by Gasteiger charge is -2.30. The molecule has 0 unspecified atom stereocenters. The quantitative estimate of drug-likeness (QED) is 0.684. The summed E-state index contributed by atoms with van der Waals surface area (Å²) in [4.78, 5) is 2.59. The van der Waals surface area contributed by atoms with Crippen LogP contribution in [0.25, 0.3) is 0 Å². The van der Waals surface area contributed by atoms with E-state index in [4.69, 9.17) is 0 Å². The minimum Gasteiger partial charge on any atom is -0.314 e. The molecule has 1 N–H and O–H groups in total. The van der Waals surface area contributed by atoms with E-state index in [1.807, 2.05) is 0 Å². The van der Waals surface area contributed by atoms with Crippen LogP contribution in [0.5, 0.6) is 0 Å². The molecule has 1 fully saturated rings. The first-order chi connectivity index (χ1) is 5.86. The van der Waals surface area contributed by atoms with Gasteiger partial charge in [0.2, 0.25) is 0 Å². The highest BCUT2D eigenvalue weighted by atomic mass is 15.2. The van der Waals surface area contributed by atoms with Crippen LogP contribution < -0.4 is 5.32 Å². The zero-order chi connectivity index (χ0) is 8.81. The van der Waals surface area contributed by atoms with Gasteiger partial charge in [-0.05, 0) is 5.92 Å². The van der Waals surface area contributed by atoms with E-state index in [1.165, 1.54) is 45.6 Å². The molecule has 1 aliphatic heterocycles. The monoisotopic (exact) mass is 170 g/mol. The number of piperazine rings is 1. The van der Waals surface area contributed by atoms with Crippen molar-refractivity contribution in [3.05, 3.63) is 0 Å². The van der Waals surface area contributed by atoms with Crippen molar-refractivity contribution in [2.24, 2.45) is 5.92 Å². The van der Waals surface area contributed by atoms with E-state index in [9.17, 15) is 0 Å². The molecule has 0 aromatic heterocycles. The summed E-state index contributed by atoms with van der Waals surface area (Å²) in [6.45, 7) is 10.8. The van der Waals surface area contributed by atoms with E-state index in [1.54, 1.807) is 0 Å². The average molecular weight is 170 g/mol. The standard InChI is InChI=1S/C10H22N2/c1-3-10(4-2)9-12-7-5-11-6-8-12/h10-11H,3-9H2,1-2H3. The van der Waals surface area contributed by atoms with Crippen LogP contribution in [0.15, 0.2) is 0 Å². The SMILES string of the molecule is CCC(CC)CN1CCNCC1. The maximum atomic E-state index is 3.38. The third-order valence-corrected chi connectivity index (χ3v) is 2.88. The van der Waals surface area contributed by atoms with Crippen molar-refractivity contribution in [1.29, 1.82) is 0 Å². The fraction of sp³-hybridized carbons (Fsp3) is 1.00. The largest absolute Gasteiger partial charge is 0.314 e. The molecule has 0 saturated carbocycles. The van der Waals surface area contributed by atoms with Crippen LogP contribution in [0.2, 0.25) is 0 Å². The molecule has 2 nitrogen and oxygen atoms in total. The average Bonchev–Trinajstić information content (AvgIpc) is 2.16. The molecular formula is C10H22N2. The zero-order valence-electron chi connectivity index (χ0n) is 8.47. The fourth-order valence-electron chi connectivity index (χ4n) is 1.81. The predicted molar refractivity (Wildman–Crippen MR) is 53.4 cm³/mol. The molecule has 1 heterocycles. The molecule has 0 aliphatic carbocycles. The Morgan fingerprint density at radius 1 is 1.17 bits per heavy atom. The van der Waals surface area contributed by atoms with Gasteiger partial charge in [0, 0.05) is 32.7 Å². The Labute approximate surface area is 76.3 Å². The molecule has 1 saturated heterocycles. The van der Waals surface area contributed by atoms with Gasteiger partial charge in [-0.2, -0.15) is 0 Å². The molecule has 0 aromatic rings. The molecule has 1 aliphatic rings. The topological polar surface area (TPSA) is 15.3 Å². The highest BCUT2D eigenvalue weighted by Gasteiger charge is 2.12. The van der Waals surface area contributed by atoms with Crippen molar-refractivity contribution in [3.63, 3.8) is 0 Å². The summed E-state index contributed by atoms with van der Waals surface area (Å²) in [6, 6.07) is 0. The third-order valence-electron chi connectivity index (χ3n) is 2.88. The van der Waals surface area contributed by atoms with Crippen molar-refractivity contribution in [2.75, 3.05) is 32.7 Å². The maximum absolute atomic E-state index is 3.38. The zero-order valence-corrected chi connectivity index (χ0v) is 8.47. The number of nitrogens with one attached hydrogen (secondary N) is 1. The molecule has 0 aromatic carbocycles. The second kappa shape index (κ2) is 5.55. The first kappa shape index (κ1) is 10.0. The van der Waals surface area contributed by atoms with Gasteiger partial charge in [-0.25, -0.2) is 0 Å². The summed E-state index contributed by atoms with van der Waals surface area (Å²) in [6.07, 6.45) is 2.67. The Hall–Kier alpha value is -0.0800. The van der Waals surface area contributed by atoms with Gasteiger partial charge in [0.25, 0.3) is 0 Å². The fourth-order valence-corrected chi connectivity index (χ4v) is 1.81. The lowest BCUT2D eigenvalue weighted by molar-refractivity contribution is 0.200. The summed E-state index contributed by atoms with van der Waals surface area (Å²) in [5.74, 6) is 0.920. The lowest BCUT2D eigenvalue weighted by Crippen LogP contribution is -2.45. The molecule has 0 amide bonds. The first-order valence-corrected chi connectivity index (χ1v) is 5.29. The van der Waals surface area contributed by atoms with Gasteiger partial charge >= 0.3 is 0 Å². The highest BCUT2D eigenvalue weighted by molar-refractivity contribution is 4.70. The maximum Gasteiger partial charge on any atom is 0.0107 e. The van der Waals surface area contributed by atoms with Crippen molar-refractivity contribution < 1.29 is 0 Å². The van der Waals surface area contributed by atoms with Crippen LogP contribution in [0.1, 0.15) is 26.7 Å². The Morgan fingerprint density at radius 2 is 1.75 bits per heavy atom. The summed E-state index contributed by atoms with van der Waals surface area (Å²) in [7, 11) is 0. The van der Waals surface area contributed by atoms with Crippen LogP contribution in [-0.2, 0) is 0 Å². The molecule has 72 valence electrons. The molecule has 2 heteroatoms. The van der Waals surface area contributed by atoms with Crippen molar-refractivity contribution in [1.82, 2.24) is 10.2 Å². The van der Waals surface area contributed by atoms with Crippen molar-refractivity contribution in [3.8, 4) is 0 Å². The number of rotatable bonds is 4. The summed E-state index contributed by atoms with van der Waals surface area (Å²) < 4.78 is 0. The molecule has 12 heavy (non-hydrogen) atoms. The van der Waals surface area contributed by atoms with Crippen LogP contribution in [0.4, 0.5) is 0 Å². The second-order valence-electron chi connectivity index (χ2n) is 3.73. The first-order valence-electron chi connectivity index (χ1n) is 5.29.